The van der Waals surface area contributed by atoms with Gasteiger partial charge in [-0.05, 0) is 29.6 Å². The van der Waals surface area contributed by atoms with Gasteiger partial charge in [0.25, 0.3) is 11.8 Å². The van der Waals surface area contributed by atoms with Gasteiger partial charge in [-0.15, -0.1) is 11.3 Å². The van der Waals surface area contributed by atoms with Gasteiger partial charge in [0.05, 0.1) is 4.88 Å². The first kappa shape index (κ1) is 17.0. The number of amides is 2. The molecule has 2 amide bonds. The molecular weight excluding hydrogens is 392 g/mol. The molecule has 5 nitrogen and oxygen atoms in total. The molecule has 0 unspecified atom stereocenters. The first-order valence-corrected chi connectivity index (χ1v) is 9.29. The molecule has 1 fully saturated rings. The summed E-state index contributed by atoms with van der Waals surface area (Å²) in [6.07, 6.45) is 0. The van der Waals surface area contributed by atoms with Gasteiger partial charge in [0.15, 0.2) is 6.61 Å². The lowest BCUT2D eigenvalue weighted by Gasteiger charge is -2.34. The summed E-state index contributed by atoms with van der Waals surface area (Å²) in [5.41, 5.74) is 0. The first-order valence-electron chi connectivity index (χ1n) is 7.62. The molecule has 1 aliphatic rings. The molecule has 1 saturated heterocycles. The van der Waals surface area contributed by atoms with Crippen molar-refractivity contribution in [2.24, 2.45) is 0 Å². The Hall–Kier alpha value is -1.86. The zero-order chi connectivity index (χ0) is 16.9. The molecule has 0 N–H and O–H groups in total. The molecule has 0 spiro atoms. The van der Waals surface area contributed by atoms with E-state index in [1.165, 1.54) is 11.3 Å². The molecule has 1 aromatic carbocycles. The minimum atomic E-state index is -0.0572. The summed E-state index contributed by atoms with van der Waals surface area (Å²) in [5, 5.41) is 1.90. The number of halogens is 1. The molecule has 0 aliphatic carbocycles. The van der Waals surface area contributed by atoms with Crippen molar-refractivity contribution in [1.29, 1.82) is 0 Å². The van der Waals surface area contributed by atoms with E-state index in [-0.39, 0.29) is 18.4 Å². The topological polar surface area (TPSA) is 49.9 Å². The molecule has 0 saturated carbocycles. The van der Waals surface area contributed by atoms with E-state index in [2.05, 4.69) is 15.9 Å². The number of rotatable bonds is 4. The lowest BCUT2D eigenvalue weighted by molar-refractivity contribution is -0.134. The number of nitrogens with zero attached hydrogens (tertiary/aromatic N) is 2. The van der Waals surface area contributed by atoms with Crippen LogP contribution in [0.2, 0.25) is 0 Å². The predicted octanol–water partition coefficient (Wildman–Crippen LogP) is 2.87. The summed E-state index contributed by atoms with van der Waals surface area (Å²) in [7, 11) is 0. The second kappa shape index (κ2) is 7.81. The van der Waals surface area contributed by atoms with Crippen molar-refractivity contribution in [3.63, 3.8) is 0 Å². The van der Waals surface area contributed by atoms with Crippen LogP contribution in [0.3, 0.4) is 0 Å². The van der Waals surface area contributed by atoms with E-state index in [0.717, 1.165) is 9.35 Å². The van der Waals surface area contributed by atoms with Gasteiger partial charge in [0, 0.05) is 30.7 Å². The quantitative estimate of drug-likeness (QED) is 0.781. The largest absolute Gasteiger partial charge is 0.484 e. The average Bonchev–Trinajstić information content (AvgIpc) is 3.14. The number of benzene rings is 1. The number of carbonyl (C=O) groups excluding carboxylic acids is 2. The van der Waals surface area contributed by atoms with Gasteiger partial charge in [-0.2, -0.15) is 0 Å². The van der Waals surface area contributed by atoms with Gasteiger partial charge in [-0.1, -0.05) is 28.1 Å². The Balaban J connectivity index is 1.47. The van der Waals surface area contributed by atoms with Crippen LogP contribution in [-0.4, -0.2) is 54.4 Å². The van der Waals surface area contributed by atoms with Crippen molar-refractivity contribution >= 4 is 39.1 Å². The molecule has 0 radical (unpaired) electrons. The average molecular weight is 409 g/mol. The summed E-state index contributed by atoms with van der Waals surface area (Å²) < 4.78 is 6.45. The Morgan fingerprint density at radius 3 is 2.50 bits per heavy atom. The second-order valence-corrected chi connectivity index (χ2v) is 7.26. The van der Waals surface area contributed by atoms with Crippen LogP contribution in [0.4, 0.5) is 0 Å². The third kappa shape index (κ3) is 4.15. The number of thiophene rings is 1. The fourth-order valence-electron chi connectivity index (χ4n) is 2.51. The minimum Gasteiger partial charge on any atom is -0.484 e. The van der Waals surface area contributed by atoms with Crippen LogP contribution < -0.4 is 4.74 Å². The van der Waals surface area contributed by atoms with Crippen LogP contribution in [0.15, 0.2) is 46.3 Å². The molecule has 0 atom stereocenters. The third-order valence-electron chi connectivity index (χ3n) is 3.81. The Morgan fingerprint density at radius 1 is 1.08 bits per heavy atom. The molecule has 24 heavy (non-hydrogen) atoms. The van der Waals surface area contributed by atoms with Gasteiger partial charge in [0.1, 0.15) is 5.75 Å². The Kier molecular flexibility index (Phi) is 5.52. The summed E-state index contributed by atoms with van der Waals surface area (Å²) >= 11 is 4.81. The zero-order valence-corrected chi connectivity index (χ0v) is 15.4. The normalized spacial score (nSPS) is 14.5. The molecule has 1 aliphatic heterocycles. The number of ether oxygens (including phenoxy) is 1. The van der Waals surface area contributed by atoms with Crippen molar-refractivity contribution in [3.05, 3.63) is 51.1 Å². The fourth-order valence-corrected chi connectivity index (χ4v) is 3.58. The Morgan fingerprint density at radius 2 is 1.83 bits per heavy atom. The van der Waals surface area contributed by atoms with E-state index < -0.39 is 0 Å². The predicted molar refractivity (Wildman–Crippen MR) is 96.4 cm³/mol. The second-order valence-electron chi connectivity index (χ2n) is 5.40. The van der Waals surface area contributed by atoms with Gasteiger partial charge < -0.3 is 14.5 Å². The van der Waals surface area contributed by atoms with Crippen molar-refractivity contribution in [2.45, 2.75) is 0 Å². The highest BCUT2D eigenvalue weighted by atomic mass is 79.9. The maximum atomic E-state index is 12.3. The SMILES string of the molecule is O=C(COc1cccc(Br)c1)N1CCN(C(=O)c2cccs2)CC1. The van der Waals surface area contributed by atoms with Crippen LogP contribution in [0, 0.1) is 0 Å². The number of hydrogen-bond acceptors (Lipinski definition) is 4. The van der Waals surface area contributed by atoms with E-state index in [4.69, 9.17) is 4.74 Å². The lowest BCUT2D eigenvalue weighted by atomic mass is 10.3. The van der Waals surface area contributed by atoms with Crippen LogP contribution >= 0.6 is 27.3 Å². The van der Waals surface area contributed by atoms with Gasteiger partial charge in [-0.25, -0.2) is 0 Å². The monoisotopic (exact) mass is 408 g/mol. The van der Waals surface area contributed by atoms with E-state index in [0.29, 0.717) is 31.9 Å². The number of hydrogen-bond donors (Lipinski definition) is 0. The maximum Gasteiger partial charge on any atom is 0.264 e. The van der Waals surface area contributed by atoms with Crippen LogP contribution in [0.25, 0.3) is 0 Å². The summed E-state index contributed by atoms with van der Waals surface area (Å²) in [6.45, 7) is 2.20. The first-order chi connectivity index (χ1) is 11.6. The van der Waals surface area contributed by atoms with Crippen molar-refractivity contribution < 1.29 is 14.3 Å². The van der Waals surface area contributed by atoms with E-state index in [1.807, 2.05) is 41.8 Å². The molecule has 1 aromatic heterocycles. The van der Waals surface area contributed by atoms with Gasteiger partial charge >= 0.3 is 0 Å². The Bertz CT molecular complexity index is 712. The molecule has 3 rings (SSSR count). The molecule has 126 valence electrons. The molecule has 2 aromatic rings. The van der Waals surface area contributed by atoms with Crippen LogP contribution in [0.5, 0.6) is 5.75 Å². The molecule has 7 heteroatoms. The minimum absolute atomic E-state index is 0.00925. The number of carbonyl (C=O) groups is 2. The van der Waals surface area contributed by atoms with E-state index in [9.17, 15) is 9.59 Å². The number of piperazine rings is 1. The maximum absolute atomic E-state index is 12.3. The highest BCUT2D eigenvalue weighted by Crippen LogP contribution is 2.18. The summed E-state index contributed by atoms with van der Waals surface area (Å²) in [5.74, 6) is 0.643. The van der Waals surface area contributed by atoms with Gasteiger partial charge in [0.2, 0.25) is 0 Å². The summed E-state index contributed by atoms with van der Waals surface area (Å²) in [4.78, 5) is 28.8. The standard InChI is InChI=1S/C17H17BrN2O3S/c18-13-3-1-4-14(11-13)23-12-16(21)19-6-8-20(9-7-19)17(22)15-5-2-10-24-15/h1-5,10-11H,6-9,12H2. The lowest BCUT2D eigenvalue weighted by Crippen LogP contribution is -2.51. The smallest absolute Gasteiger partial charge is 0.264 e. The highest BCUT2D eigenvalue weighted by Gasteiger charge is 2.25. The highest BCUT2D eigenvalue weighted by molar-refractivity contribution is 9.10. The summed E-state index contributed by atoms with van der Waals surface area (Å²) in [6, 6.07) is 11.1. The molecule has 2 heterocycles. The van der Waals surface area contributed by atoms with Crippen molar-refractivity contribution in [3.8, 4) is 5.75 Å². The fraction of sp³-hybridized carbons (Fsp3) is 0.294. The van der Waals surface area contributed by atoms with Crippen LogP contribution in [-0.2, 0) is 4.79 Å². The van der Waals surface area contributed by atoms with E-state index >= 15 is 0 Å². The zero-order valence-electron chi connectivity index (χ0n) is 13.0. The molecular formula is C17H17BrN2O3S. The van der Waals surface area contributed by atoms with E-state index in [1.54, 1.807) is 9.80 Å². The Labute approximate surface area is 153 Å². The molecule has 0 bridgehead atoms. The van der Waals surface area contributed by atoms with Crippen molar-refractivity contribution in [2.75, 3.05) is 32.8 Å². The third-order valence-corrected chi connectivity index (χ3v) is 5.16. The van der Waals surface area contributed by atoms with Crippen molar-refractivity contribution in [1.82, 2.24) is 9.80 Å². The van der Waals surface area contributed by atoms with Crippen LogP contribution in [0.1, 0.15) is 9.67 Å². The van der Waals surface area contributed by atoms with Gasteiger partial charge in [-0.3, -0.25) is 9.59 Å².